The second kappa shape index (κ2) is 8.79. The van der Waals surface area contributed by atoms with Crippen LogP contribution in [0.15, 0.2) is 54.6 Å². The molecule has 22 heavy (non-hydrogen) atoms. The normalized spacial score (nSPS) is 10.4. The molecule has 0 amide bonds. The van der Waals surface area contributed by atoms with E-state index in [1.807, 2.05) is 48.7 Å². The summed E-state index contributed by atoms with van der Waals surface area (Å²) in [7, 11) is 1.76. The van der Waals surface area contributed by atoms with Gasteiger partial charge in [-0.1, -0.05) is 36.4 Å². The van der Waals surface area contributed by atoms with E-state index in [1.54, 1.807) is 7.05 Å². The van der Waals surface area contributed by atoms with E-state index >= 15 is 0 Å². The number of rotatable bonds is 6. The van der Waals surface area contributed by atoms with Crippen molar-refractivity contribution < 1.29 is 9.84 Å². The SMILES string of the molecule is CNC(=S)N[NH+]=Cc1cccc(OCCc2ccccc2)c1. The molecular formula is C17H20N3OS+. The third-order valence-electron chi connectivity index (χ3n) is 3.01. The highest BCUT2D eigenvalue weighted by Gasteiger charge is 1.99. The number of benzene rings is 2. The first kappa shape index (κ1) is 16.0. The van der Waals surface area contributed by atoms with Gasteiger partial charge in [0.05, 0.1) is 6.61 Å². The van der Waals surface area contributed by atoms with Crippen molar-refractivity contribution >= 4 is 23.5 Å². The molecule has 0 aromatic heterocycles. The van der Waals surface area contributed by atoms with Crippen LogP contribution in [0.25, 0.3) is 0 Å². The molecule has 3 N–H and O–H groups in total. The summed E-state index contributed by atoms with van der Waals surface area (Å²) in [4.78, 5) is 0. The van der Waals surface area contributed by atoms with Gasteiger partial charge in [-0.25, -0.2) is 0 Å². The average Bonchev–Trinajstić information content (AvgIpc) is 2.56. The summed E-state index contributed by atoms with van der Waals surface area (Å²) in [5.41, 5.74) is 5.12. The molecule has 0 atom stereocenters. The number of nitrogens with one attached hydrogen (secondary N) is 3. The molecule has 2 rings (SSSR count). The Morgan fingerprint density at radius 1 is 1.18 bits per heavy atom. The second-order valence-corrected chi connectivity index (χ2v) is 5.06. The molecule has 0 fully saturated rings. The summed E-state index contributed by atoms with van der Waals surface area (Å²) < 4.78 is 5.79. The fraction of sp³-hybridized carbons (Fsp3) is 0.176. The lowest BCUT2D eigenvalue weighted by Crippen LogP contribution is -2.82. The van der Waals surface area contributed by atoms with Crippen molar-refractivity contribution in [1.29, 1.82) is 0 Å². The lowest BCUT2D eigenvalue weighted by atomic mass is 10.2. The molecule has 4 nitrogen and oxygen atoms in total. The minimum Gasteiger partial charge on any atom is -0.493 e. The minimum atomic E-state index is 0.534. The number of hydrogen-bond donors (Lipinski definition) is 3. The number of thiocarbonyl (C=S) groups is 1. The van der Waals surface area contributed by atoms with Gasteiger partial charge in [0.25, 0.3) is 0 Å². The third kappa shape index (κ3) is 5.54. The largest absolute Gasteiger partial charge is 0.493 e. The summed E-state index contributed by atoms with van der Waals surface area (Å²) in [5.74, 6) is 0.850. The van der Waals surface area contributed by atoms with Gasteiger partial charge in [0, 0.05) is 19.0 Å². The van der Waals surface area contributed by atoms with Crippen LogP contribution in [0.1, 0.15) is 11.1 Å². The first-order valence-electron chi connectivity index (χ1n) is 7.11. The molecule has 0 radical (unpaired) electrons. The molecule has 0 bridgehead atoms. The van der Waals surface area contributed by atoms with Crippen molar-refractivity contribution in [1.82, 2.24) is 10.7 Å². The molecule has 0 spiro atoms. The number of hydrazine groups is 1. The monoisotopic (exact) mass is 314 g/mol. The van der Waals surface area contributed by atoms with Crippen molar-refractivity contribution in [3.63, 3.8) is 0 Å². The smallest absolute Gasteiger partial charge is 0.223 e. The van der Waals surface area contributed by atoms with Gasteiger partial charge in [-0.15, -0.1) is 10.5 Å². The van der Waals surface area contributed by atoms with Crippen LogP contribution < -0.4 is 20.6 Å². The zero-order valence-corrected chi connectivity index (χ0v) is 13.3. The van der Waals surface area contributed by atoms with Gasteiger partial charge in [-0.3, -0.25) is 0 Å². The summed E-state index contributed by atoms with van der Waals surface area (Å²) in [6.07, 6.45) is 2.72. The van der Waals surface area contributed by atoms with Crippen LogP contribution in [0.2, 0.25) is 0 Å². The molecule has 0 heterocycles. The molecule has 0 aliphatic carbocycles. The van der Waals surface area contributed by atoms with Crippen LogP contribution in [0.4, 0.5) is 0 Å². The molecular weight excluding hydrogens is 294 g/mol. The van der Waals surface area contributed by atoms with Crippen LogP contribution in [-0.2, 0) is 6.42 Å². The van der Waals surface area contributed by atoms with Crippen LogP contribution >= 0.6 is 12.2 Å². The maximum absolute atomic E-state index is 5.79. The Bertz CT molecular complexity index is 629. The van der Waals surface area contributed by atoms with E-state index in [9.17, 15) is 0 Å². The van der Waals surface area contributed by atoms with Crippen LogP contribution in [0.5, 0.6) is 5.75 Å². The van der Waals surface area contributed by atoms with Gasteiger partial charge in [0.2, 0.25) is 5.11 Å². The molecule has 0 unspecified atom stereocenters. The quantitative estimate of drug-likeness (QED) is 0.420. The van der Waals surface area contributed by atoms with E-state index in [4.69, 9.17) is 17.0 Å². The van der Waals surface area contributed by atoms with Crippen LogP contribution in [0.3, 0.4) is 0 Å². The summed E-state index contributed by atoms with van der Waals surface area (Å²) >= 11 is 4.97. The van der Waals surface area contributed by atoms with E-state index in [2.05, 4.69) is 28.0 Å². The lowest BCUT2D eigenvalue weighted by Gasteiger charge is -2.06. The molecule has 2 aromatic rings. The highest BCUT2D eigenvalue weighted by Crippen LogP contribution is 2.12. The molecule has 5 heteroatoms. The minimum absolute atomic E-state index is 0.534. The van der Waals surface area contributed by atoms with Gasteiger partial charge in [0.1, 0.15) is 5.75 Å². The summed E-state index contributed by atoms with van der Waals surface area (Å²) in [6, 6.07) is 18.2. The highest BCUT2D eigenvalue weighted by molar-refractivity contribution is 7.80. The Morgan fingerprint density at radius 2 is 2.00 bits per heavy atom. The van der Waals surface area contributed by atoms with Crippen molar-refractivity contribution in [2.45, 2.75) is 6.42 Å². The van der Waals surface area contributed by atoms with Crippen LogP contribution in [-0.4, -0.2) is 25.0 Å². The highest BCUT2D eigenvalue weighted by atomic mass is 32.1. The van der Waals surface area contributed by atoms with Gasteiger partial charge < -0.3 is 10.1 Å². The maximum atomic E-state index is 5.79. The average molecular weight is 314 g/mol. The Balaban J connectivity index is 1.84. The second-order valence-electron chi connectivity index (χ2n) is 4.65. The van der Waals surface area contributed by atoms with E-state index in [-0.39, 0.29) is 0 Å². The standard InChI is InChI=1S/C17H19N3OS/c1-18-17(22)20-19-13-15-8-5-9-16(12-15)21-11-10-14-6-3-2-4-7-14/h2-9,12-13H,10-11H2,1H3,(H2,18,20,22)/p+1. The maximum Gasteiger partial charge on any atom is 0.223 e. The molecule has 0 aliphatic rings. The van der Waals surface area contributed by atoms with Gasteiger partial charge in [-0.05, 0) is 36.0 Å². The number of hydrazone groups is 1. The zero-order valence-electron chi connectivity index (χ0n) is 12.5. The fourth-order valence-corrected chi connectivity index (χ4v) is 1.93. The summed E-state index contributed by atoms with van der Waals surface area (Å²) in [6.45, 7) is 0.656. The Labute approximate surface area is 136 Å². The van der Waals surface area contributed by atoms with Gasteiger partial charge >= 0.3 is 0 Å². The van der Waals surface area contributed by atoms with E-state index in [0.717, 1.165) is 17.7 Å². The number of ether oxygens (including phenoxy) is 1. The van der Waals surface area contributed by atoms with E-state index < -0.39 is 0 Å². The Hall–Kier alpha value is -2.40. The van der Waals surface area contributed by atoms with Gasteiger partial charge in [0.15, 0.2) is 6.21 Å². The molecule has 0 saturated carbocycles. The molecule has 2 aromatic carbocycles. The van der Waals surface area contributed by atoms with Crippen molar-refractivity contribution in [2.24, 2.45) is 0 Å². The summed E-state index contributed by atoms with van der Waals surface area (Å²) in [5, 5.41) is 6.28. The first-order valence-corrected chi connectivity index (χ1v) is 7.52. The molecule has 0 aliphatic heterocycles. The van der Waals surface area contributed by atoms with E-state index in [0.29, 0.717) is 11.7 Å². The topological polar surface area (TPSA) is 47.3 Å². The van der Waals surface area contributed by atoms with Crippen molar-refractivity contribution in [3.05, 3.63) is 65.7 Å². The third-order valence-corrected chi connectivity index (χ3v) is 3.32. The Kier molecular flexibility index (Phi) is 6.39. The van der Waals surface area contributed by atoms with E-state index in [1.165, 1.54) is 5.56 Å². The molecule has 114 valence electrons. The zero-order chi connectivity index (χ0) is 15.6. The Morgan fingerprint density at radius 3 is 2.77 bits per heavy atom. The first-order chi connectivity index (χ1) is 10.8. The van der Waals surface area contributed by atoms with Crippen LogP contribution in [0, 0.1) is 0 Å². The van der Waals surface area contributed by atoms with Gasteiger partial charge in [-0.2, -0.15) is 0 Å². The lowest BCUT2D eigenvalue weighted by molar-refractivity contribution is -0.500. The molecule has 0 saturated heterocycles. The van der Waals surface area contributed by atoms with Crippen molar-refractivity contribution in [2.75, 3.05) is 13.7 Å². The predicted molar refractivity (Wildman–Crippen MR) is 93.0 cm³/mol. The van der Waals surface area contributed by atoms with Crippen molar-refractivity contribution in [3.8, 4) is 5.75 Å². The number of hydrogen-bond acceptors (Lipinski definition) is 2. The predicted octanol–water partition coefficient (Wildman–Crippen LogP) is 0.817. The fourth-order valence-electron chi connectivity index (χ4n) is 1.87.